The first-order chi connectivity index (χ1) is 13.7. The predicted molar refractivity (Wildman–Crippen MR) is 109 cm³/mol. The largest absolute Gasteiger partial charge is 0.497 e. The monoisotopic (exact) mass is 379 g/mol. The van der Waals surface area contributed by atoms with Crippen LogP contribution < -0.4 is 15.1 Å². The smallest absolute Gasteiger partial charge is 0.336 e. The molecule has 0 amide bonds. The molecule has 3 aromatic rings. The predicted octanol–water partition coefficient (Wildman–Crippen LogP) is 4.54. The van der Waals surface area contributed by atoms with E-state index in [-0.39, 0.29) is 5.63 Å². The van der Waals surface area contributed by atoms with Gasteiger partial charge in [0.05, 0.1) is 13.7 Å². The summed E-state index contributed by atoms with van der Waals surface area (Å²) in [6, 6.07) is 16.0. The van der Waals surface area contributed by atoms with Crippen molar-refractivity contribution in [3.05, 3.63) is 70.1 Å². The number of benzene rings is 2. The van der Waals surface area contributed by atoms with Gasteiger partial charge in [0.25, 0.3) is 0 Å². The molecule has 4 rings (SSSR count). The van der Waals surface area contributed by atoms with Crippen LogP contribution in [0.3, 0.4) is 0 Å². The Hall–Kier alpha value is -2.79. The van der Waals surface area contributed by atoms with Crippen molar-refractivity contribution in [2.45, 2.75) is 32.4 Å². The summed E-state index contributed by atoms with van der Waals surface area (Å²) in [5.74, 6) is 1.58. The molecule has 2 aromatic carbocycles. The van der Waals surface area contributed by atoms with Gasteiger partial charge in [0.15, 0.2) is 0 Å². The fourth-order valence-electron chi connectivity index (χ4n) is 4.03. The maximum Gasteiger partial charge on any atom is 0.336 e. The standard InChI is InChI=1S/C23H25NO4/c1-3-27-18-8-6-16(7-9-18)21-5-4-12-24(21)15-17-13-23(25)28-22-14-19(26-2)10-11-20(17)22/h6-11,13-14,21H,3-5,12,15H2,1-2H3/t21-/m1/s1. The van der Waals surface area contributed by atoms with Crippen molar-refractivity contribution in [2.24, 2.45) is 0 Å². The molecule has 0 bridgehead atoms. The molecule has 0 spiro atoms. The number of ether oxygens (including phenoxy) is 2. The van der Waals surface area contributed by atoms with Crippen LogP contribution in [0.4, 0.5) is 0 Å². The zero-order valence-corrected chi connectivity index (χ0v) is 16.3. The van der Waals surface area contributed by atoms with E-state index in [1.807, 2.05) is 31.2 Å². The van der Waals surface area contributed by atoms with E-state index in [0.29, 0.717) is 30.5 Å². The van der Waals surface area contributed by atoms with Crippen molar-refractivity contribution in [3.63, 3.8) is 0 Å². The van der Waals surface area contributed by atoms with Crippen LogP contribution in [-0.4, -0.2) is 25.2 Å². The Bertz CT molecular complexity index is 1010. The highest BCUT2D eigenvalue weighted by Gasteiger charge is 2.26. The van der Waals surface area contributed by atoms with Gasteiger partial charge >= 0.3 is 5.63 Å². The van der Waals surface area contributed by atoms with E-state index in [4.69, 9.17) is 13.9 Å². The molecule has 146 valence electrons. The molecule has 1 aliphatic heterocycles. The molecular formula is C23H25NO4. The normalized spacial score (nSPS) is 17.1. The van der Waals surface area contributed by atoms with Crippen LogP contribution in [0, 0.1) is 0 Å². The van der Waals surface area contributed by atoms with Gasteiger partial charge < -0.3 is 13.9 Å². The highest BCUT2D eigenvalue weighted by Crippen LogP contribution is 2.35. The third kappa shape index (κ3) is 3.76. The van der Waals surface area contributed by atoms with E-state index in [1.165, 1.54) is 5.56 Å². The number of nitrogens with zero attached hydrogens (tertiary/aromatic N) is 1. The molecule has 1 saturated heterocycles. The van der Waals surface area contributed by atoms with Gasteiger partial charge in [0.1, 0.15) is 17.1 Å². The Morgan fingerprint density at radius 3 is 2.64 bits per heavy atom. The molecule has 0 N–H and O–H groups in total. The maximum absolute atomic E-state index is 12.1. The van der Waals surface area contributed by atoms with Crippen LogP contribution in [0.15, 0.2) is 57.7 Å². The third-order valence-corrected chi connectivity index (χ3v) is 5.35. The first kappa shape index (κ1) is 18.6. The van der Waals surface area contributed by atoms with Gasteiger partial charge in [-0.15, -0.1) is 0 Å². The van der Waals surface area contributed by atoms with E-state index in [9.17, 15) is 4.79 Å². The SMILES string of the molecule is CCOc1ccc([C@H]2CCCN2Cc2cc(=O)oc3cc(OC)ccc23)cc1. The molecule has 2 heterocycles. The third-order valence-electron chi connectivity index (χ3n) is 5.35. The van der Waals surface area contributed by atoms with Gasteiger partial charge in [-0.1, -0.05) is 12.1 Å². The average Bonchev–Trinajstić information content (AvgIpc) is 3.16. The summed E-state index contributed by atoms with van der Waals surface area (Å²) in [5.41, 5.74) is 2.52. The zero-order chi connectivity index (χ0) is 19.5. The number of fused-ring (bicyclic) bond motifs is 1. The average molecular weight is 379 g/mol. The van der Waals surface area contributed by atoms with E-state index in [2.05, 4.69) is 17.0 Å². The summed E-state index contributed by atoms with van der Waals surface area (Å²) in [5, 5.41) is 0.956. The minimum Gasteiger partial charge on any atom is -0.497 e. The fraction of sp³-hybridized carbons (Fsp3) is 0.348. The van der Waals surface area contributed by atoms with Crippen molar-refractivity contribution < 1.29 is 13.9 Å². The van der Waals surface area contributed by atoms with Gasteiger partial charge in [-0.3, -0.25) is 4.90 Å². The van der Waals surface area contributed by atoms with Gasteiger partial charge in [-0.25, -0.2) is 4.79 Å². The summed E-state index contributed by atoms with van der Waals surface area (Å²) < 4.78 is 16.2. The molecule has 0 radical (unpaired) electrons. The Kier molecular flexibility index (Phi) is 5.35. The molecule has 0 unspecified atom stereocenters. The molecule has 1 fully saturated rings. The minimum atomic E-state index is -0.326. The maximum atomic E-state index is 12.1. The van der Waals surface area contributed by atoms with E-state index in [1.54, 1.807) is 19.2 Å². The Morgan fingerprint density at radius 1 is 1.11 bits per heavy atom. The molecule has 0 aliphatic carbocycles. The quantitative estimate of drug-likeness (QED) is 0.589. The lowest BCUT2D eigenvalue weighted by Crippen LogP contribution is -2.23. The van der Waals surface area contributed by atoms with Crippen molar-refractivity contribution in [3.8, 4) is 11.5 Å². The topological polar surface area (TPSA) is 51.9 Å². The number of rotatable bonds is 6. The molecule has 5 heteroatoms. The lowest BCUT2D eigenvalue weighted by atomic mass is 10.0. The first-order valence-corrected chi connectivity index (χ1v) is 9.75. The second kappa shape index (κ2) is 8.07. The summed E-state index contributed by atoms with van der Waals surface area (Å²) in [6.45, 7) is 4.38. The molecule has 1 aliphatic rings. The Labute approximate surface area is 164 Å². The first-order valence-electron chi connectivity index (χ1n) is 9.75. The van der Waals surface area contributed by atoms with E-state index in [0.717, 1.165) is 36.1 Å². The van der Waals surface area contributed by atoms with Gasteiger partial charge in [0, 0.05) is 30.1 Å². The van der Waals surface area contributed by atoms with Gasteiger partial charge in [-0.2, -0.15) is 0 Å². The number of methoxy groups -OCH3 is 1. The minimum absolute atomic E-state index is 0.326. The fourth-order valence-corrected chi connectivity index (χ4v) is 4.03. The number of hydrogen-bond donors (Lipinski definition) is 0. The molecule has 28 heavy (non-hydrogen) atoms. The summed E-state index contributed by atoms with van der Waals surface area (Å²) >= 11 is 0. The molecule has 0 saturated carbocycles. The van der Waals surface area contributed by atoms with Crippen molar-refractivity contribution in [1.82, 2.24) is 4.90 Å². The highest BCUT2D eigenvalue weighted by molar-refractivity contribution is 5.81. The lowest BCUT2D eigenvalue weighted by Gasteiger charge is -2.25. The van der Waals surface area contributed by atoms with Gasteiger partial charge in [0.2, 0.25) is 0 Å². The molecule has 1 atom stereocenters. The van der Waals surface area contributed by atoms with Crippen LogP contribution in [0.1, 0.15) is 36.9 Å². The lowest BCUT2D eigenvalue weighted by molar-refractivity contribution is 0.248. The summed E-state index contributed by atoms with van der Waals surface area (Å²) in [7, 11) is 1.61. The second-order valence-electron chi connectivity index (χ2n) is 7.08. The molecular weight excluding hydrogens is 354 g/mol. The van der Waals surface area contributed by atoms with Crippen molar-refractivity contribution >= 4 is 11.0 Å². The Balaban J connectivity index is 1.61. The van der Waals surface area contributed by atoms with Crippen molar-refractivity contribution in [2.75, 3.05) is 20.3 Å². The summed E-state index contributed by atoms with van der Waals surface area (Å²) in [6.07, 6.45) is 2.26. The van der Waals surface area contributed by atoms with Crippen LogP contribution in [0.5, 0.6) is 11.5 Å². The van der Waals surface area contributed by atoms with Crippen LogP contribution in [-0.2, 0) is 6.54 Å². The highest BCUT2D eigenvalue weighted by atomic mass is 16.5. The van der Waals surface area contributed by atoms with Crippen LogP contribution in [0.25, 0.3) is 11.0 Å². The van der Waals surface area contributed by atoms with Gasteiger partial charge in [-0.05, 0) is 61.7 Å². The van der Waals surface area contributed by atoms with E-state index < -0.39 is 0 Å². The number of hydrogen-bond acceptors (Lipinski definition) is 5. The van der Waals surface area contributed by atoms with Crippen molar-refractivity contribution in [1.29, 1.82) is 0 Å². The second-order valence-corrected chi connectivity index (χ2v) is 7.08. The zero-order valence-electron chi connectivity index (χ0n) is 16.3. The summed E-state index contributed by atoms with van der Waals surface area (Å²) in [4.78, 5) is 14.5. The molecule has 1 aromatic heterocycles. The number of likely N-dealkylation sites (tertiary alicyclic amines) is 1. The Morgan fingerprint density at radius 2 is 1.89 bits per heavy atom. The van der Waals surface area contributed by atoms with Crippen LogP contribution in [0.2, 0.25) is 0 Å². The molecule has 5 nitrogen and oxygen atoms in total. The van der Waals surface area contributed by atoms with E-state index >= 15 is 0 Å². The van der Waals surface area contributed by atoms with Crippen LogP contribution >= 0.6 is 0 Å².